The number of ether oxygens (including phenoxy) is 2. The Labute approximate surface area is 285 Å². The first-order valence-corrected chi connectivity index (χ1v) is 16.9. The van der Waals surface area contributed by atoms with Gasteiger partial charge in [0, 0.05) is 12.3 Å². The number of fused-ring (bicyclic) bond motifs is 13. The fraction of sp³-hybridized carbons (Fsp3) is 0.182. The summed E-state index contributed by atoms with van der Waals surface area (Å²) in [5.74, 6) is -0.742. The zero-order valence-electron chi connectivity index (χ0n) is 27.8. The van der Waals surface area contributed by atoms with Crippen LogP contribution in [0.5, 0.6) is 0 Å². The Hall–Kier alpha value is -5.68. The minimum atomic E-state index is -0.910. The molecule has 1 aliphatic rings. The third-order valence-electron chi connectivity index (χ3n) is 9.54. The number of carbonyl (C=O) groups excluding carboxylic acids is 2. The zero-order valence-corrected chi connectivity index (χ0v) is 27.8. The highest BCUT2D eigenvalue weighted by Crippen LogP contribution is 2.56. The maximum atomic E-state index is 13.7. The van der Waals surface area contributed by atoms with Crippen molar-refractivity contribution in [3.05, 3.63) is 144 Å². The summed E-state index contributed by atoms with van der Waals surface area (Å²) in [4.78, 5) is 27.0. The number of alkyl carbamates (subject to hydrolysis) is 1. The number of amides is 1. The van der Waals surface area contributed by atoms with E-state index in [2.05, 4.69) is 102 Å². The molecular formula is C44H37NO4. The normalized spacial score (nSPS) is 13.4. The van der Waals surface area contributed by atoms with Gasteiger partial charge < -0.3 is 14.8 Å². The van der Waals surface area contributed by atoms with Crippen molar-refractivity contribution in [2.24, 2.45) is 0 Å². The number of rotatable bonds is 6. The van der Waals surface area contributed by atoms with Crippen molar-refractivity contribution in [2.45, 2.75) is 44.8 Å². The molecule has 242 valence electrons. The van der Waals surface area contributed by atoms with Crippen molar-refractivity contribution in [3.63, 3.8) is 0 Å². The lowest BCUT2D eigenvalue weighted by Gasteiger charge is -2.25. The van der Waals surface area contributed by atoms with Gasteiger partial charge in [-0.15, -0.1) is 0 Å². The van der Waals surface area contributed by atoms with E-state index in [0.29, 0.717) is 0 Å². The van der Waals surface area contributed by atoms with E-state index in [0.717, 1.165) is 27.5 Å². The molecule has 0 spiro atoms. The van der Waals surface area contributed by atoms with E-state index in [1.807, 2.05) is 51.1 Å². The van der Waals surface area contributed by atoms with E-state index in [4.69, 9.17) is 9.47 Å². The zero-order chi connectivity index (χ0) is 33.7. The molecule has 0 bridgehead atoms. The van der Waals surface area contributed by atoms with E-state index in [9.17, 15) is 9.59 Å². The first-order chi connectivity index (χ1) is 23.8. The van der Waals surface area contributed by atoms with Crippen LogP contribution in [0.2, 0.25) is 0 Å². The maximum absolute atomic E-state index is 13.7. The number of hydrogen-bond donors (Lipinski definition) is 1. The van der Waals surface area contributed by atoms with E-state index in [1.54, 1.807) is 0 Å². The molecule has 0 saturated carbocycles. The number of esters is 1. The predicted molar refractivity (Wildman–Crippen MR) is 198 cm³/mol. The summed E-state index contributed by atoms with van der Waals surface area (Å²) in [7, 11) is 0. The first-order valence-electron chi connectivity index (χ1n) is 16.9. The summed E-state index contributed by atoms with van der Waals surface area (Å²) >= 11 is 0. The Morgan fingerprint density at radius 3 is 1.47 bits per heavy atom. The van der Waals surface area contributed by atoms with Crippen LogP contribution in [0.25, 0.3) is 54.2 Å². The van der Waals surface area contributed by atoms with Crippen LogP contribution in [0, 0.1) is 0 Å². The van der Waals surface area contributed by atoms with Gasteiger partial charge in [-0.05, 0) is 91.7 Å². The van der Waals surface area contributed by atoms with E-state index in [-0.39, 0.29) is 18.9 Å². The highest BCUT2D eigenvalue weighted by atomic mass is 16.6. The van der Waals surface area contributed by atoms with Crippen LogP contribution in [-0.2, 0) is 20.7 Å². The molecule has 8 rings (SSSR count). The first kappa shape index (κ1) is 30.6. The Morgan fingerprint density at radius 2 is 1.00 bits per heavy atom. The van der Waals surface area contributed by atoms with Gasteiger partial charge in [-0.25, -0.2) is 9.59 Å². The topological polar surface area (TPSA) is 64.6 Å². The number of nitrogens with one attached hydrogen (secondary N) is 1. The molecule has 49 heavy (non-hydrogen) atoms. The Balaban J connectivity index is 1.25. The molecule has 0 saturated heterocycles. The smallest absolute Gasteiger partial charge is 0.407 e. The van der Waals surface area contributed by atoms with E-state index >= 15 is 0 Å². The third-order valence-corrected chi connectivity index (χ3v) is 9.54. The van der Waals surface area contributed by atoms with Crippen molar-refractivity contribution in [1.29, 1.82) is 0 Å². The van der Waals surface area contributed by atoms with Crippen molar-refractivity contribution in [3.8, 4) is 11.1 Å². The minimum Gasteiger partial charge on any atom is -0.458 e. The lowest BCUT2D eigenvalue weighted by atomic mass is 9.88. The monoisotopic (exact) mass is 643 g/mol. The van der Waals surface area contributed by atoms with Crippen LogP contribution in [0.1, 0.15) is 43.4 Å². The van der Waals surface area contributed by atoms with Crippen LogP contribution >= 0.6 is 0 Å². The van der Waals surface area contributed by atoms with Crippen molar-refractivity contribution in [1.82, 2.24) is 5.32 Å². The van der Waals surface area contributed by atoms with Gasteiger partial charge in [-0.2, -0.15) is 0 Å². The largest absolute Gasteiger partial charge is 0.458 e. The average molecular weight is 644 g/mol. The van der Waals surface area contributed by atoms with Crippen LogP contribution < -0.4 is 5.32 Å². The second kappa shape index (κ2) is 12.1. The molecule has 0 unspecified atom stereocenters. The molecule has 1 N–H and O–H groups in total. The lowest BCUT2D eigenvalue weighted by molar-refractivity contribution is -0.157. The average Bonchev–Trinajstić information content (AvgIpc) is 3.46. The molecule has 0 aromatic heterocycles. The molecule has 0 fully saturated rings. The minimum absolute atomic E-state index is 0.100. The quantitative estimate of drug-likeness (QED) is 0.145. The van der Waals surface area contributed by atoms with Crippen LogP contribution in [-0.4, -0.2) is 30.3 Å². The van der Waals surface area contributed by atoms with Crippen molar-refractivity contribution < 1.29 is 19.1 Å². The number of carbonyl (C=O) groups is 2. The third kappa shape index (κ3) is 5.45. The fourth-order valence-corrected chi connectivity index (χ4v) is 7.67. The summed E-state index contributed by atoms with van der Waals surface area (Å²) < 4.78 is 11.9. The molecule has 0 aliphatic heterocycles. The van der Waals surface area contributed by atoms with Crippen LogP contribution in [0.15, 0.2) is 127 Å². The van der Waals surface area contributed by atoms with E-state index in [1.165, 1.54) is 43.4 Å². The van der Waals surface area contributed by atoms with E-state index < -0.39 is 23.7 Å². The predicted octanol–water partition coefficient (Wildman–Crippen LogP) is 10.1. The van der Waals surface area contributed by atoms with Gasteiger partial charge in [0.15, 0.2) is 0 Å². The summed E-state index contributed by atoms with van der Waals surface area (Å²) in [5, 5.41) is 12.2. The maximum Gasteiger partial charge on any atom is 0.407 e. The van der Waals surface area contributed by atoms with Gasteiger partial charge in [0.05, 0.1) is 0 Å². The van der Waals surface area contributed by atoms with Gasteiger partial charge in [-0.3, -0.25) is 0 Å². The molecule has 5 nitrogen and oxygen atoms in total. The molecule has 1 amide bonds. The van der Waals surface area contributed by atoms with Gasteiger partial charge in [0.2, 0.25) is 0 Å². The summed E-state index contributed by atoms with van der Waals surface area (Å²) in [5.41, 5.74) is 4.90. The highest BCUT2D eigenvalue weighted by molar-refractivity contribution is 6.25. The summed E-state index contributed by atoms with van der Waals surface area (Å²) in [6.45, 7) is 5.56. The SMILES string of the molecule is CC(C)(C)OC(=O)[C@H](Cc1ccccc1)NC(=O)OCC1c2c(c3ccccc3c3ccccc23)-c2c1c1ccccc1c1ccccc21. The second-order valence-corrected chi connectivity index (χ2v) is 13.8. The summed E-state index contributed by atoms with van der Waals surface area (Å²) in [6, 6.07) is 42.9. The Kier molecular flexibility index (Phi) is 7.56. The van der Waals surface area contributed by atoms with Gasteiger partial charge in [0.25, 0.3) is 0 Å². The van der Waals surface area contributed by atoms with Gasteiger partial charge in [-0.1, -0.05) is 127 Å². The standard InChI is InChI=1S/C44H37NO4/c1-44(2,3)49-42(46)37(25-27-15-5-4-6-16-27)45-43(47)48-26-36-38-32-21-11-7-17-28(32)30-19-9-13-23-34(30)40(38)41-35-24-14-10-20-31(35)29-18-8-12-22-33(29)39(36)41/h4-24,36-37H,25-26H2,1-3H3,(H,45,47)/t37-/m0/s1. The Morgan fingerprint density at radius 1 is 0.592 bits per heavy atom. The molecule has 0 heterocycles. The molecule has 7 aromatic carbocycles. The molecule has 1 aliphatic carbocycles. The van der Waals surface area contributed by atoms with Gasteiger partial charge in [0.1, 0.15) is 18.2 Å². The van der Waals surface area contributed by atoms with Gasteiger partial charge >= 0.3 is 12.1 Å². The van der Waals surface area contributed by atoms with Crippen molar-refractivity contribution >= 4 is 55.2 Å². The van der Waals surface area contributed by atoms with Crippen molar-refractivity contribution in [2.75, 3.05) is 6.61 Å². The Bertz CT molecular complexity index is 2280. The molecule has 5 heteroatoms. The van der Waals surface area contributed by atoms with Crippen LogP contribution in [0.3, 0.4) is 0 Å². The highest BCUT2D eigenvalue weighted by Gasteiger charge is 2.37. The number of hydrogen-bond acceptors (Lipinski definition) is 4. The van der Waals surface area contributed by atoms with Crippen LogP contribution in [0.4, 0.5) is 4.79 Å². The molecular weight excluding hydrogens is 606 g/mol. The molecule has 0 radical (unpaired) electrons. The summed E-state index contributed by atoms with van der Waals surface area (Å²) in [6.07, 6.45) is -0.371. The number of benzene rings is 7. The molecule has 7 aromatic rings. The fourth-order valence-electron chi connectivity index (χ4n) is 7.67. The lowest BCUT2D eigenvalue weighted by Crippen LogP contribution is -2.46. The molecule has 1 atom stereocenters. The second-order valence-electron chi connectivity index (χ2n) is 13.8.